The lowest BCUT2D eigenvalue weighted by Crippen LogP contribution is -2.29. The van der Waals surface area contributed by atoms with E-state index in [0.29, 0.717) is 19.8 Å². The van der Waals surface area contributed by atoms with E-state index in [-0.39, 0.29) is 12.2 Å². The van der Waals surface area contributed by atoms with Crippen molar-refractivity contribution in [2.75, 3.05) is 19.8 Å². The molecule has 12 heavy (non-hydrogen) atoms. The first-order valence-corrected chi connectivity index (χ1v) is 4.31. The first-order valence-electron chi connectivity index (χ1n) is 4.31. The first-order chi connectivity index (χ1) is 5.76. The highest BCUT2D eigenvalue weighted by Crippen LogP contribution is 2.08. The van der Waals surface area contributed by atoms with Crippen LogP contribution in [0.15, 0.2) is 0 Å². The van der Waals surface area contributed by atoms with Crippen LogP contribution in [0.1, 0.15) is 20.8 Å². The molecule has 4 nitrogen and oxygen atoms in total. The Bertz CT molecular complexity index is 94.3. The number of nitrogens with two attached hydrogens (primary N) is 1. The number of hydrogen-bond donors (Lipinski definition) is 1. The second-order valence-electron chi connectivity index (χ2n) is 2.59. The zero-order valence-electron chi connectivity index (χ0n) is 8.08. The van der Waals surface area contributed by atoms with Crippen LogP contribution in [0, 0.1) is 5.92 Å². The second-order valence-corrected chi connectivity index (χ2v) is 2.59. The minimum absolute atomic E-state index is 0.162. The van der Waals surface area contributed by atoms with Crippen molar-refractivity contribution in [1.29, 1.82) is 0 Å². The molecule has 1 unspecified atom stereocenters. The summed E-state index contributed by atoms with van der Waals surface area (Å²) in [7, 11) is 0. The van der Waals surface area contributed by atoms with Crippen molar-refractivity contribution in [2.45, 2.75) is 27.1 Å². The van der Waals surface area contributed by atoms with E-state index in [9.17, 15) is 0 Å². The maximum atomic E-state index is 5.34. The maximum absolute atomic E-state index is 5.34. The van der Waals surface area contributed by atoms with Gasteiger partial charge in [0, 0.05) is 19.1 Å². The van der Waals surface area contributed by atoms with Gasteiger partial charge in [-0.3, -0.25) is 0 Å². The molecule has 0 amide bonds. The number of ether oxygens (including phenoxy) is 2. The molecule has 0 aromatic rings. The molecular formula is C8H19NO3. The summed E-state index contributed by atoms with van der Waals surface area (Å²) in [6, 6.07) is 0. The van der Waals surface area contributed by atoms with E-state index >= 15 is 0 Å². The monoisotopic (exact) mass is 177 g/mol. The molecular weight excluding hydrogens is 158 g/mol. The molecule has 0 saturated heterocycles. The third-order valence-corrected chi connectivity index (χ3v) is 1.49. The highest BCUT2D eigenvalue weighted by atomic mass is 16.7. The third kappa shape index (κ3) is 4.66. The molecule has 0 aliphatic rings. The minimum Gasteiger partial charge on any atom is -0.353 e. The summed E-state index contributed by atoms with van der Waals surface area (Å²) in [5.74, 6) is 5.11. The van der Waals surface area contributed by atoms with Gasteiger partial charge >= 0.3 is 0 Å². The molecule has 74 valence electrons. The molecule has 0 aromatic carbocycles. The average Bonchev–Trinajstić information content (AvgIpc) is 2.04. The molecule has 0 radical (unpaired) electrons. The molecule has 0 aliphatic carbocycles. The first kappa shape index (κ1) is 11.8. The Balaban J connectivity index is 3.72. The lowest BCUT2D eigenvalue weighted by atomic mass is 10.2. The van der Waals surface area contributed by atoms with E-state index in [1.165, 1.54) is 0 Å². The SMILES string of the molecule is CCOC(OCC)C(C)CON. The van der Waals surface area contributed by atoms with Crippen LogP contribution in [0.4, 0.5) is 0 Å². The van der Waals surface area contributed by atoms with Crippen molar-refractivity contribution in [3.63, 3.8) is 0 Å². The van der Waals surface area contributed by atoms with Crippen LogP contribution in [-0.2, 0) is 14.3 Å². The van der Waals surface area contributed by atoms with E-state index in [2.05, 4.69) is 4.84 Å². The molecule has 0 bridgehead atoms. The van der Waals surface area contributed by atoms with Crippen LogP contribution in [-0.4, -0.2) is 26.1 Å². The number of hydrogen-bond acceptors (Lipinski definition) is 4. The zero-order valence-corrected chi connectivity index (χ0v) is 8.08. The summed E-state index contributed by atoms with van der Waals surface area (Å²) in [6.07, 6.45) is -0.205. The maximum Gasteiger partial charge on any atom is 0.162 e. The Morgan fingerprint density at radius 3 is 2.00 bits per heavy atom. The van der Waals surface area contributed by atoms with Gasteiger partial charge in [-0.05, 0) is 13.8 Å². The average molecular weight is 177 g/mol. The van der Waals surface area contributed by atoms with Gasteiger partial charge in [0.1, 0.15) is 0 Å². The predicted molar refractivity (Wildman–Crippen MR) is 46.3 cm³/mol. The third-order valence-electron chi connectivity index (χ3n) is 1.49. The van der Waals surface area contributed by atoms with E-state index in [1.807, 2.05) is 20.8 Å². The number of rotatable bonds is 7. The van der Waals surface area contributed by atoms with E-state index in [4.69, 9.17) is 15.4 Å². The second kappa shape index (κ2) is 7.49. The molecule has 0 fully saturated rings. The highest BCUT2D eigenvalue weighted by molar-refractivity contribution is 4.55. The summed E-state index contributed by atoms with van der Waals surface area (Å²) in [4.78, 5) is 4.52. The van der Waals surface area contributed by atoms with E-state index in [1.54, 1.807) is 0 Å². The molecule has 0 aromatic heterocycles. The summed E-state index contributed by atoms with van der Waals surface area (Å²) < 4.78 is 10.7. The van der Waals surface area contributed by atoms with Crippen molar-refractivity contribution in [3.8, 4) is 0 Å². The fourth-order valence-electron chi connectivity index (χ4n) is 0.936. The van der Waals surface area contributed by atoms with Crippen molar-refractivity contribution >= 4 is 0 Å². The topological polar surface area (TPSA) is 53.7 Å². The predicted octanol–water partition coefficient (Wildman–Crippen LogP) is 0.912. The molecule has 0 heterocycles. The van der Waals surface area contributed by atoms with Gasteiger partial charge in [-0.2, -0.15) is 0 Å². The fraction of sp³-hybridized carbons (Fsp3) is 1.00. The highest BCUT2D eigenvalue weighted by Gasteiger charge is 2.17. The van der Waals surface area contributed by atoms with Gasteiger partial charge < -0.3 is 14.3 Å². The quantitative estimate of drug-likeness (QED) is 0.464. The van der Waals surface area contributed by atoms with Gasteiger partial charge in [0.15, 0.2) is 6.29 Å². The van der Waals surface area contributed by atoms with Crippen LogP contribution in [0.25, 0.3) is 0 Å². The molecule has 2 N–H and O–H groups in total. The van der Waals surface area contributed by atoms with Crippen LogP contribution in [0.5, 0.6) is 0 Å². The smallest absolute Gasteiger partial charge is 0.162 e. The van der Waals surface area contributed by atoms with Crippen LogP contribution in [0.3, 0.4) is 0 Å². The normalized spacial score (nSPS) is 13.8. The van der Waals surface area contributed by atoms with Crippen molar-refractivity contribution in [2.24, 2.45) is 11.8 Å². The van der Waals surface area contributed by atoms with Crippen molar-refractivity contribution in [3.05, 3.63) is 0 Å². The van der Waals surface area contributed by atoms with Crippen molar-refractivity contribution < 1.29 is 14.3 Å². The molecule has 4 heteroatoms. The molecule has 0 aliphatic heterocycles. The van der Waals surface area contributed by atoms with E-state index in [0.717, 1.165) is 0 Å². The fourth-order valence-corrected chi connectivity index (χ4v) is 0.936. The summed E-state index contributed by atoms with van der Waals surface area (Å²) in [6.45, 7) is 7.57. The Hall–Kier alpha value is -0.160. The Labute approximate surface area is 73.9 Å². The van der Waals surface area contributed by atoms with Gasteiger partial charge in [0.2, 0.25) is 0 Å². The Morgan fingerprint density at radius 1 is 1.17 bits per heavy atom. The molecule has 0 rings (SSSR count). The largest absolute Gasteiger partial charge is 0.353 e. The van der Waals surface area contributed by atoms with Gasteiger partial charge in [-0.1, -0.05) is 6.92 Å². The lowest BCUT2D eigenvalue weighted by molar-refractivity contribution is -0.173. The van der Waals surface area contributed by atoms with Gasteiger partial charge in [0.05, 0.1) is 6.61 Å². The van der Waals surface area contributed by atoms with Gasteiger partial charge in [-0.15, -0.1) is 0 Å². The van der Waals surface area contributed by atoms with E-state index < -0.39 is 0 Å². The molecule has 1 atom stereocenters. The lowest BCUT2D eigenvalue weighted by Gasteiger charge is -2.22. The van der Waals surface area contributed by atoms with Gasteiger partial charge in [-0.25, -0.2) is 5.90 Å². The summed E-state index contributed by atoms with van der Waals surface area (Å²) in [5, 5.41) is 0. The summed E-state index contributed by atoms with van der Waals surface area (Å²) in [5.41, 5.74) is 0. The van der Waals surface area contributed by atoms with Crippen LogP contribution in [0.2, 0.25) is 0 Å². The standard InChI is InChI=1S/C8H19NO3/c1-4-10-8(11-5-2)7(3)6-12-9/h7-8H,4-6,9H2,1-3H3. The summed E-state index contributed by atoms with van der Waals surface area (Å²) >= 11 is 0. The van der Waals surface area contributed by atoms with Gasteiger partial charge in [0.25, 0.3) is 0 Å². The Kier molecular flexibility index (Phi) is 7.39. The van der Waals surface area contributed by atoms with Crippen LogP contribution < -0.4 is 5.90 Å². The molecule has 0 spiro atoms. The minimum atomic E-state index is -0.205. The molecule has 0 saturated carbocycles. The Morgan fingerprint density at radius 2 is 1.67 bits per heavy atom. The van der Waals surface area contributed by atoms with Crippen molar-refractivity contribution in [1.82, 2.24) is 0 Å². The zero-order chi connectivity index (χ0) is 9.40. The van der Waals surface area contributed by atoms with Crippen LogP contribution >= 0.6 is 0 Å².